The Morgan fingerprint density at radius 2 is 2.12 bits per heavy atom. The Hall–Kier alpha value is -2.11. The Morgan fingerprint density at radius 1 is 1.32 bits per heavy atom. The molecular weight excluding hydrogens is 332 g/mol. The Balaban J connectivity index is 1.49. The standard InChI is InChI=1S/C20H22N2O2S/c1-14(16-4-9-25-12-16)19(23)22-7-5-20(6-8-22)13-24-18-3-2-15(11-21)10-17(18)20/h2-4,9-10,12H,1,5-8,11,13,21H2. The van der Waals surface area contributed by atoms with Gasteiger partial charge < -0.3 is 15.4 Å². The summed E-state index contributed by atoms with van der Waals surface area (Å²) >= 11 is 1.58. The van der Waals surface area contributed by atoms with Crippen molar-refractivity contribution in [2.45, 2.75) is 24.8 Å². The van der Waals surface area contributed by atoms with Gasteiger partial charge in [0.15, 0.2) is 0 Å². The average molecular weight is 354 g/mol. The SMILES string of the molecule is C=C(C(=O)N1CCC2(CC1)COc1ccc(CN)cc12)c1ccsc1. The highest BCUT2D eigenvalue weighted by atomic mass is 32.1. The highest BCUT2D eigenvalue weighted by molar-refractivity contribution is 7.08. The molecule has 4 rings (SSSR count). The minimum absolute atomic E-state index is 0.0149. The van der Waals surface area contributed by atoms with E-state index in [-0.39, 0.29) is 11.3 Å². The molecule has 0 saturated carbocycles. The van der Waals surface area contributed by atoms with Gasteiger partial charge in [-0.3, -0.25) is 4.79 Å². The van der Waals surface area contributed by atoms with E-state index in [4.69, 9.17) is 10.5 Å². The molecule has 25 heavy (non-hydrogen) atoms. The average Bonchev–Trinajstić information content (AvgIpc) is 3.30. The first-order valence-electron chi connectivity index (χ1n) is 8.60. The minimum Gasteiger partial charge on any atom is -0.492 e. The number of hydrogen-bond donors (Lipinski definition) is 1. The summed E-state index contributed by atoms with van der Waals surface area (Å²) in [6.45, 7) is 6.70. The molecule has 4 nitrogen and oxygen atoms in total. The highest BCUT2D eigenvalue weighted by Crippen LogP contribution is 2.46. The molecule has 2 N–H and O–H groups in total. The fraction of sp³-hybridized carbons (Fsp3) is 0.350. The van der Waals surface area contributed by atoms with Gasteiger partial charge in [-0.1, -0.05) is 18.7 Å². The number of amides is 1. The summed E-state index contributed by atoms with van der Waals surface area (Å²) in [6, 6.07) is 8.19. The predicted octanol–water partition coefficient (Wildman–Crippen LogP) is 3.17. The monoisotopic (exact) mass is 354 g/mol. The van der Waals surface area contributed by atoms with Crippen molar-refractivity contribution in [3.8, 4) is 5.75 Å². The number of thiophene rings is 1. The molecule has 2 aliphatic rings. The number of carbonyl (C=O) groups excluding carboxylic acids is 1. The van der Waals surface area contributed by atoms with Crippen molar-refractivity contribution in [1.29, 1.82) is 0 Å². The van der Waals surface area contributed by atoms with Gasteiger partial charge in [0.2, 0.25) is 0 Å². The first-order chi connectivity index (χ1) is 12.1. The Bertz CT molecular complexity index is 805. The van der Waals surface area contributed by atoms with Crippen molar-refractivity contribution < 1.29 is 9.53 Å². The van der Waals surface area contributed by atoms with Crippen LogP contribution in [0.15, 0.2) is 41.6 Å². The van der Waals surface area contributed by atoms with E-state index in [0.29, 0.717) is 18.7 Å². The van der Waals surface area contributed by atoms with Crippen LogP contribution in [0.3, 0.4) is 0 Å². The van der Waals surface area contributed by atoms with Crippen LogP contribution in [0.4, 0.5) is 0 Å². The Labute approximate surface area is 151 Å². The lowest BCUT2D eigenvalue weighted by Gasteiger charge is -2.38. The van der Waals surface area contributed by atoms with Crippen molar-refractivity contribution in [3.63, 3.8) is 0 Å². The molecule has 1 spiro atoms. The van der Waals surface area contributed by atoms with Crippen molar-refractivity contribution in [1.82, 2.24) is 4.90 Å². The quantitative estimate of drug-likeness (QED) is 0.862. The zero-order valence-electron chi connectivity index (χ0n) is 14.2. The molecule has 0 radical (unpaired) electrons. The molecule has 1 saturated heterocycles. The number of piperidine rings is 1. The van der Waals surface area contributed by atoms with E-state index in [1.165, 1.54) is 5.56 Å². The number of benzene rings is 1. The lowest BCUT2D eigenvalue weighted by Crippen LogP contribution is -2.46. The zero-order chi connectivity index (χ0) is 17.4. The number of likely N-dealkylation sites (tertiary alicyclic amines) is 1. The molecule has 0 unspecified atom stereocenters. The van der Waals surface area contributed by atoms with E-state index in [9.17, 15) is 4.79 Å². The molecule has 2 aliphatic heterocycles. The first kappa shape index (κ1) is 16.4. The molecule has 2 aromatic rings. The summed E-state index contributed by atoms with van der Waals surface area (Å²) in [5, 5.41) is 3.95. The highest BCUT2D eigenvalue weighted by Gasteiger charge is 2.44. The van der Waals surface area contributed by atoms with Crippen LogP contribution >= 0.6 is 11.3 Å². The third-order valence-electron chi connectivity index (χ3n) is 5.49. The van der Waals surface area contributed by atoms with Crippen molar-refractivity contribution in [3.05, 3.63) is 58.3 Å². The smallest absolute Gasteiger partial charge is 0.253 e. The molecule has 3 heterocycles. The van der Waals surface area contributed by atoms with Gasteiger partial charge in [0.1, 0.15) is 5.75 Å². The number of ether oxygens (including phenoxy) is 1. The van der Waals surface area contributed by atoms with E-state index in [1.54, 1.807) is 11.3 Å². The van der Waals surface area contributed by atoms with Crippen molar-refractivity contribution in [2.75, 3.05) is 19.7 Å². The van der Waals surface area contributed by atoms with Crippen LogP contribution in [0, 0.1) is 0 Å². The summed E-state index contributed by atoms with van der Waals surface area (Å²) < 4.78 is 5.93. The molecule has 1 fully saturated rings. The number of hydrogen-bond acceptors (Lipinski definition) is 4. The van der Waals surface area contributed by atoms with Gasteiger partial charge >= 0.3 is 0 Å². The van der Waals surface area contributed by atoms with Crippen molar-refractivity contribution in [2.24, 2.45) is 5.73 Å². The van der Waals surface area contributed by atoms with E-state index in [0.717, 1.165) is 42.8 Å². The van der Waals surface area contributed by atoms with Crippen LogP contribution in [0.5, 0.6) is 5.75 Å². The summed E-state index contributed by atoms with van der Waals surface area (Å²) in [7, 11) is 0. The maximum absolute atomic E-state index is 12.7. The van der Waals surface area contributed by atoms with Crippen molar-refractivity contribution >= 4 is 22.8 Å². The number of nitrogens with two attached hydrogens (primary N) is 1. The number of rotatable bonds is 3. The third-order valence-corrected chi connectivity index (χ3v) is 6.17. The lowest BCUT2D eigenvalue weighted by molar-refractivity contribution is -0.126. The van der Waals surface area contributed by atoms with Crippen LogP contribution in [-0.4, -0.2) is 30.5 Å². The molecule has 130 valence electrons. The summed E-state index contributed by atoms with van der Waals surface area (Å²) in [5.74, 6) is 1.02. The number of carbonyl (C=O) groups is 1. The van der Waals surface area contributed by atoms with Crippen LogP contribution in [0.25, 0.3) is 5.57 Å². The van der Waals surface area contributed by atoms with E-state index in [2.05, 4.69) is 12.6 Å². The third kappa shape index (κ3) is 2.77. The van der Waals surface area contributed by atoms with Gasteiger partial charge in [-0.2, -0.15) is 11.3 Å². The van der Waals surface area contributed by atoms with Crippen LogP contribution in [-0.2, 0) is 16.8 Å². The topological polar surface area (TPSA) is 55.6 Å². The molecule has 1 aromatic heterocycles. The first-order valence-corrected chi connectivity index (χ1v) is 9.54. The van der Waals surface area contributed by atoms with Gasteiger partial charge in [0.05, 0.1) is 6.61 Å². The predicted molar refractivity (Wildman–Crippen MR) is 101 cm³/mol. The maximum atomic E-state index is 12.7. The molecule has 1 aromatic carbocycles. The molecule has 0 aliphatic carbocycles. The van der Waals surface area contributed by atoms with E-state index >= 15 is 0 Å². The Kier molecular flexibility index (Phi) is 4.13. The second-order valence-corrected chi connectivity index (χ2v) is 7.67. The van der Waals surface area contributed by atoms with Gasteiger partial charge in [0, 0.05) is 36.2 Å². The molecule has 0 atom stereocenters. The maximum Gasteiger partial charge on any atom is 0.253 e. The fourth-order valence-corrected chi connectivity index (χ4v) is 4.51. The minimum atomic E-state index is 0.0149. The summed E-state index contributed by atoms with van der Waals surface area (Å²) in [6.07, 6.45) is 1.83. The second-order valence-electron chi connectivity index (χ2n) is 6.89. The van der Waals surface area contributed by atoms with E-state index in [1.807, 2.05) is 33.9 Å². The second kappa shape index (κ2) is 6.32. The zero-order valence-corrected chi connectivity index (χ0v) is 15.0. The fourth-order valence-electron chi connectivity index (χ4n) is 3.84. The van der Waals surface area contributed by atoms with Crippen LogP contribution in [0.1, 0.15) is 29.5 Å². The van der Waals surface area contributed by atoms with Gasteiger partial charge in [-0.05, 0) is 46.9 Å². The lowest BCUT2D eigenvalue weighted by atomic mass is 9.74. The number of nitrogens with zero attached hydrogens (tertiary/aromatic N) is 1. The van der Waals surface area contributed by atoms with Gasteiger partial charge in [-0.15, -0.1) is 0 Å². The summed E-state index contributed by atoms with van der Waals surface area (Å²) in [5.41, 5.74) is 9.73. The van der Waals surface area contributed by atoms with Gasteiger partial charge in [-0.25, -0.2) is 0 Å². The van der Waals surface area contributed by atoms with Crippen LogP contribution < -0.4 is 10.5 Å². The molecule has 1 amide bonds. The normalized spacial score (nSPS) is 18.0. The molecular formula is C20H22N2O2S. The number of fused-ring (bicyclic) bond motifs is 2. The Morgan fingerprint density at radius 3 is 2.80 bits per heavy atom. The van der Waals surface area contributed by atoms with Gasteiger partial charge in [0.25, 0.3) is 5.91 Å². The van der Waals surface area contributed by atoms with E-state index < -0.39 is 0 Å². The summed E-state index contributed by atoms with van der Waals surface area (Å²) in [4.78, 5) is 14.7. The van der Waals surface area contributed by atoms with Crippen LogP contribution in [0.2, 0.25) is 0 Å². The molecule has 0 bridgehead atoms. The molecule has 5 heteroatoms. The largest absolute Gasteiger partial charge is 0.492 e.